The minimum atomic E-state index is -0.425. The number of carbonyl (C=O) groups excluding carboxylic acids is 1. The standard InChI is InChI=1S/C19H16F2N4O/c20-15-6-2-1-5-13(15)9-10-22-18(26)14-11-23-19(24-12-14)25-17-8-4-3-7-16(17)21/h1-8,11-12H,9-10H2,(H,22,26)(H,23,24,25). The van der Waals surface area contributed by atoms with Crippen LogP contribution in [0, 0.1) is 11.6 Å². The van der Waals surface area contributed by atoms with Crippen molar-refractivity contribution < 1.29 is 13.6 Å². The van der Waals surface area contributed by atoms with Gasteiger partial charge in [0.1, 0.15) is 11.6 Å². The molecule has 2 aromatic carbocycles. The predicted octanol–water partition coefficient (Wildman–Crippen LogP) is 3.47. The number of hydrogen-bond acceptors (Lipinski definition) is 4. The number of rotatable bonds is 6. The molecule has 0 saturated carbocycles. The van der Waals surface area contributed by atoms with E-state index in [4.69, 9.17) is 0 Å². The van der Waals surface area contributed by atoms with E-state index in [0.29, 0.717) is 12.0 Å². The van der Waals surface area contributed by atoms with Crippen LogP contribution in [0.25, 0.3) is 0 Å². The summed E-state index contributed by atoms with van der Waals surface area (Å²) in [5.41, 5.74) is 1.04. The molecule has 1 heterocycles. The van der Waals surface area contributed by atoms with Crippen LogP contribution < -0.4 is 10.6 Å². The molecule has 7 heteroatoms. The minimum absolute atomic E-state index is 0.179. The highest BCUT2D eigenvalue weighted by Gasteiger charge is 2.09. The first kappa shape index (κ1) is 17.5. The Morgan fingerprint density at radius 3 is 2.27 bits per heavy atom. The Bertz CT molecular complexity index is 900. The average molecular weight is 354 g/mol. The second-order valence-corrected chi connectivity index (χ2v) is 5.50. The van der Waals surface area contributed by atoms with Crippen molar-refractivity contribution in [1.29, 1.82) is 0 Å². The highest BCUT2D eigenvalue weighted by atomic mass is 19.1. The Balaban J connectivity index is 1.55. The number of para-hydroxylation sites is 1. The summed E-state index contributed by atoms with van der Waals surface area (Å²) < 4.78 is 27.1. The topological polar surface area (TPSA) is 66.9 Å². The van der Waals surface area contributed by atoms with Crippen LogP contribution in [-0.2, 0) is 6.42 Å². The highest BCUT2D eigenvalue weighted by molar-refractivity contribution is 5.93. The molecular weight excluding hydrogens is 338 g/mol. The number of anilines is 2. The van der Waals surface area contributed by atoms with Gasteiger partial charge in [0.15, 0.2) is 0 Å². The van der Waals surface area contributed by atoms with Gasteiger partial charge in [-0.3, -0.25) is 4.79 Å². The Morgan fingerprint density at radius 2 is 1.58 bits per heavy atom. The van der Waals surface area contributed by atoms with Crippen molar-refractivity contribution in [3.63, 3.8) is 0 Å². The minimum Gasteiger partial charge on any atom is -0.352 e. The summed E-state index contributed by atoms with van der Waals surface area (Å²) in [7, 11) is 0. The molecule has 2 N–H and O–H groups in total. The molecule has 1 amide bonds. The van der Waals surface area contributed by atoms with Crippen LogP contribution in [0.1, 0.15) is 15.9 Å². The summed E-state index contributed by atoms with van der Waals surface area (Å²) in [6, 6.07) is 12.6. The maximum absolute atomic E-state index is 13.6. The Hall–Kier alpha value is -3.35. The zero-order chi connectivity index (χ0) is 18.4. The molecule has 0 fully saturated rings. The Labute approximate surface area is 149 Å². The first-order valence-corrected chi connectivity index (χ1v) is 7.98. The van der Waals surface area contributed by atoms with Crippen LogP contribution in [0.5, 0.6) is 0 Å². The molecule has 0 atom stereocenters. The van der Waals surface area contributed by atoms with Crippen molar-refractivity contribution in [2.45, 2.75) is 6.42 Å². The first-order chi connectivity index (χ1) is 12.6. The number of aromatic nitrogens is 2. The molecule has 0 spiro atoms. The third-order valence-corrected chi connectivity index (χ3v) is 3.67. The van der Waals surface area contributed by atoms with Crippen LogP contribution in [0.2, 0.25) is 0 Å². The third kappa shape index (κ3) is 4.38. The van der Waals surface area contributed by atoms with E-state index in [1.54, 1.807) is 36.4 Å². The molecule has 5 nitrogen and oxygen atoms in total. The van der Waals surface area contributed by atoms with E-state index in [1.807, 2.05) is 0 Å². The number of hydrogen-bond donors (Lipinski definition) is 2. The van der Waals surface area contributed by atoms with Crippen LogP contribution >= 0.6 is 0 Å². The zero-order valence-corrected chi connectivity index (χ0v) is 13.7. The molecule has 132 valence electrons. The smallest absolute Gasteiger partial charge is 0.254 e. The molecule has 0 unspecified atom stereocenters. The lowest BCUT2D eigenvalue weighted by atomic mass is 10.1. The van der Waals surface area contributed by atoms with Gasteiger partial charge >= 0.3 is 0 Å². The van der Waals surface area contributed by atoms with Gasteiger partial charge in [-0.05, 0) is 30.2 Å². The maximum Gasteiger partial charge on any atom is 0.254 e. The van der Waals surface area contributed by atoms with Gasteiger partial charge in [0.2, 0.25) is 5.95 Å². The van der Waals surface area contributed by atoms with Crippen LogP contribution in [0.15, 0.2) is 60.9 Å². The van der Waals surface area contributed by atoms with E-state index in [-0.39, 0.29) is 35.5 Å². The molecule has 1 aromatic heterocycles. The molecule has 3 rings (SSSR count). The highest BCUT2D eigenvalue weighted by Crippen LogP contribution is 2.16. The lowest BCUT2D eigenvalue weighted by Gasteiger charge is -2.07. The fourth-order valence-electron chi connectivity index (χ4n) is 2.31. The number of amides is 1. The molecule has 0 aliphatic carbocycles. The number of carbonyl (C=O) groups is 1. The number of nitrogens with zero attached hydrogens (tertiary/aromatic N) is 2. The summed E-state index contributed by atoms with van der Waals surface area (Å²) in [4.78, 5) is 20.1. The van der Waals surface area contributed by atoms with E-state index >= 15 is 0 Å². The summed E-state index contributed by atoms with van der Waals surface area (Å²) in [6.45, 7) is 0.287. The van der Waals surface area contributed by atoms with Crippen molar-refractivity contribution in [2.75, 3.05) is 11.9 Å². The van der Waals surface area contributed by atoms with E-state index < -0.39 is 5.82 Å². The van der Waals surface area contributed by atoms with Crippen LogP contribution in [0.3, 0.4) is 0 Å². The van der Waals surface area contributed by atoms with Gasteiger partial charge in [-0.15, -0.1) is 0 Å². The van der Waals surface area contributed by atoms with Crippen molar-refractivity contribution >= 4 is 17.5 Å². The predicted molar refractivity (Wildman–Crippen MR) is 94.2 cm³/mol. The summed E-state index contributed by atoms with van der Waals surface area (Å²) >= 11 is 0. The Kier molecular flexibility index (Phi) is 5.48. The van der Waals surface area contributed by atoms with Gasteiger partial charge in [0, 0.05) is 18.9 Å². The van der Waals surface area contributed by atoms with Gasteiger partial charge in [0.25, 0.3) is 5.91 Å². The number of nitrogens with one attached hydrogen (secondary N) is 2. The summed E-state index contributed by atoms with van der Waals surface area (Å²) in [5.74, 6) is -0.906. The van der Waals surface area contributed by atoms with E-state index in [2.05, 4.69) is 20.6 Å². The number of benzene rings is 2. The zero-order valence-electron chi connectivity index (χ0n) is 13.7. The number of halogens is 2. The van der Waals surface area contributed by atoms with E-state index in [9.17, 15) is 13.6 Å². The lowest BCUT2D eigenvalue weighted by Crippen LogP contribution is -2.26. The maximum atomic E-state index is 13.6. The first-order valence-electron chi connectivity index (χ1n) is 7.98. The molecule has 0 radical (unpaired) electrons. The van der Waals surface area contributed by atoms with Gasteiger partial charge < -0.3 is 10.6 Å². The molecule has 0 aliphatic heterocycles. The van der Waals surface area contributed by atoms with E-state index in [1.165, 1.54) is 24.5 Å². The van der Waals surface area contributed by atoms with Crippen LogP contribution in [-0.4, -0.2) is 22.4 Å². The molecule has 3 aromatic rings. The van der Waals surface area contributed by atoms with E-state index in [0.717, 1.165) is 0 Å². The van der Waals surface area contributed by atoms with Gasteiger partial charge in [-0.2, -0.15) is 0 Å². The lowest BCUT2D eigenvalue weighted by molar-refractivity contribution is 0.0953. The largest absolute Gasteiger partial charge is 0.352 e. The van der Waals surface area contributed by atoms with Gasteiger partial charge in [0.05, 0.1) is 11.3 Å². The van der Waals surface area contributed by atoms with Gasteiger partial charge in [-0.1, -0.05) is 30.3 Å². The van der Waals surface area contributed by atoms with Gasteiger partial charge in [-0.25, -0.2) is 18.7 Å². The molecule has 0 aliphatic rings. The Morgan fingerprint density at radius 1 is 0.923 bits per heavy atom. The molecule has 26 heavy (non-hydrogen) atoms. The normalized spacial score (nSPS) is 10.4. The molecule has 0 saturated heterocycles. The second kappa shape index (κ2) is 8.15. The summed E-state index contributed by atoms with van der Waals surface area (Å²) in [5, 5.41) is 5.43. The fraction of sp³-hybridized carbons (Fsp3) is 0.105. The van der Waals surface area contributed by atoms with Crippen molar-refractivity contribution in [3.05, 3.63) is 83.7 Å². The monoisotopic (exact) mass is 354 g/mol. The quantitative estimate of drug-likeness (QED) is 0.711. The van der Waals surface area contributed by atoms with Crippen molar-refractivity contribution in [1.82, 2.24) is 15.3 Å². The van der Waals surface area contributed by atoms with Crippen molar-refractivity contribution in [2.24, 2.45) is 0 Å². The SMILES string of the molecule is O=C(NCCc1ccccc1F)c1cnc(Nc2ccccc2F)nc1. The molecule has 0 bridgehead atoms. The van der Waals surface area contributed by atoms with Crippen LogP contribution in [0.4, 0.5) is 20.4 Å². The van der Waals surface area contributed by atoms with Crippen molar-refractivity contribution in [3.8, 4) is 0 Å². The third-order valence-electron chi connectivity index (χ3n) is 3.67. The second-order valence-electron chi connectivity index (χ2n) is 5.50. The fourth-order valence-corrected chi connectivity index (χ4v) is 2.31. The average Bonchev–Trinajstić information content (AvgIpc) is 2.66. The summed E-state index contributed by atoms with van der Waals surface area (Å²) in [6.07, 6.45) is 3.06. The molecular formula is C19H16F2N4O.